The van der Waals surface area contributed by atoms with Crippen molar-refractivity contribution in [1.29, 1.82) is 5.26 Å². The van der Waals surface area contributed by atoms with E-state index in [0.717, 1.165) is 16.8 Å². The Kier molecular flexibility index (Phi) is 3.01. The molecule has 3 aromatic rings. The summed E-state index contributed by atoms with van der Waals surface area (Å²) in [6, 6.07) is 9.67. The molecule has 2 heterocycles. The lowest BCUT2D eigenvalue weighted by molar-refractivity contribution is 0.875. The molecular formula is C14H12N6. The van der Waals surface area contributed by atoms with Crippen molar-refractivity contribution in [1.82, 2.24) is 20.2 Å². The molecule has 6 heteroatoms. The van der Waals surface area contributed by atoms with Crippen LogP contribution in [-0.2, 0) is 0 Å². The van der Waals surface area contributed by atoms with Crippen LogP contribution in [0.25, 0.3) is 11.0 Å². The average Bonchev–Trinajstić information content (AvgIpc) is 2.97. The van der Waals surface area contributed by atoms with Gasteiger partial charge >= 0.3 is 0 Å². The SMILES string of the molecule is CC(Nc1ncnc2[nH]ncc12)c1cccc(C#N)c1. The van der Waals surface area contributed by atoms with Gasteiger partial charge in [0.15, 0.2) is 5.65 Å². The first-order chi connectivity index (χ1) is 9.78. The second-order valence-electron chi connectivity index (χ2n) is 4.46. The van der Waals surface area contributed by atoms with Crippen LogP contribution in [0.5, 0.6) is 0 Å². The van der Waals surface area contributed by atoms with E-state index in [1.54, 1.807) is 12.3 Å². The van der Waals surface area contributed by atoms with Crippen molar-refractivity contribution >= 4 is 16.9 Å². The first-order valence-electron chi connectivity index (χ1n) is 6.18. The van der Waals surface area contributed by atoms with E-state index in [4.69, 9.17) is 5.26 Å². The third-order valence-electron chi connectivity index (χ3n) is 3.12. The van der Waals surface area contributed by atoms with Gasteiger partial charge in [-0.3, -0.25) is 5.10 Å². The number of hydrogen-bond donors (Lipinski definition) is 2. The molecule has 0 aliphatic carbocycles. The number of nitriles is 1. The number of nitrogens with one attached hydrogen (secondary N) is 2. The first-order valence-corrected chi connectivity index (χ1v) is 6.18. The van der Waals surface area contributed by atoms with Gasteiger partial charge in [0.1, 0.15) is 12.1 Å². The maximum Gasteiger partial charge on any atom is 0.160 e. The summed E-state index contributed by atoms with van der Waals surface area (Å²) < 4.78 is 0. The summed E-state index contributed by atoms with van der Waals surface area (Å²) in [4.78, 5) is 8.34. The van der Waals surface area contributed by atoms with Crippen molar-refractivity contribution in [3.8, 4) is 6.07 Å². The zero-order chi connectivity index (χ0) is 13.9. The Morgan fingerprint density at radius 3 is 3.10 bits per heavy atom. The summed E-state index contributed by atoms with van der Waals surface area (Å²) in [5.74, 6) is 0.721. The number of aromatic amines is 1. The van der Waals surface area contributed by atoms with Crippen molar-refractivity contribution in [3.63, 3.8) is 0 Å². The van der Waals surface area contributed by atoms with Gasteiger partial charge in [-0.2, -0.15) is 10.4 Å². The summed E-state index contributed by atoms with van der Waals surface area (Å²) in [6.45, 7) is 2.02. The summed E-state index contributed by atoms with van der Waals surface area (Å²) in [5, 5.41) is 19.9. The Bertz CT molecular complexity index is 785. The molecule has 0 fully saturated rings. The van der Waals surface area contributed by atoms with Gasteiger partial charge in [0.2, 0.25) is 0 Å². The number of benzene rings is 1. The fraction of sp³-hybridized carbons (Fsp3) is 0.143. The second kappa shape index (κ2) is 4.97. The van der Waals surface area contributed by atoms with Crippen molar-refractivity contribution in [2.75, 3.05) is 5.32 Å². The normalized spacial score (nSPS) is 12.0. The molecule has 0 aliphatic rings. The lowest BCUT2D eigenvalue weighted by atomic mass is 10.1. The molecule has 2 aromatic heterocycles. The number of nitrogens with zero attached hydrogens (tertiary/aromatic N) is 4. The van der Waals surface area contributed by atoms with E-state index in [1.807, 2.05) is 25.1 Å². The van der Waals surface area contributed by atoms with E-state index >= 15 is 0 Å². The second-order valence-corrected chi connectivity index (χ2v) is 4.46. The van der Waals surface area contributed by atoms with E-state index in [0.29, 0.717) is 11.2 Å². The summed E-state index contributed by atoms with van der Waals surface area (Å²) in [6.07, 6.45) is 3.18. The van der Waals surface area contributed by atoms with Crippen LogP contribution < -0.4 is 5.32 Å². The number of fused-ring (bicyclic) bond motifs is 1. The minimum Gasteiger partial charge on any atom is -0.363 e. The molecule has 1 aromatic carbocycles. The number of anilines is 1. The van der Waals surface area contributed by atoms with Gasteiger partial charge < -0.3 is 5.32 Å². The van der Waals surface area contributed by atoms with Crippen LogP contribution in [0.2, 0.25) is 0 Å². The molecule has 0 radical (unpaired) electrons. The monoisotopic (exact) mass is 264 g/mol. The molecule has 0 spiro atoms. The summed E-state index contributed by atoms with van der Waals surface area (Å²) in [5.41, 5.74) is 2.37. The van der Waals surface area contributed by atoms with Crippen LogP contribution in [0.3, 0.4) is 0 Å². The number of H-pyrrole nitrogens is 1. The fourth-order valence-corrected chi connectivity index (χ4v) is 2.05. The average molecular weight is 264 g/mol. The van der Waals surface area contributed by atoms with Crippen LogP contribution in [-0.4, -0.2) is 20.2 Å². The highest BCUT2D eigenvalue weighted by Gasteiger charge is 2.10. The lowest BCUT2D eigenvalue weighted by Crippen LogP contribution is -2.08. The highest BCUT2D eigenvalue weighted by Crippen LogP contribution is 2.23. The Labute approximate surface area is 115 Å². The lowest BCUT2D eigenvalue weighted by Gasteiger charge is -2.15. The van der Waals surface area contributed by atoms with Gasteiger partial charge in [0, 0.05) is 0 Å². The Balaban J connectivity index is 1.90. The molecule has 98 valence electrons. The Morgan fingerprint density at radius 1 is 1.35 bits per heavy atom. The van der Waals surface area contributed by atoms with E-state index < -0.39 is 0 Å². The topological polar surface area (TPSA) is 90.3 Å². The number of hydrogen-bond acceptors (Lipinski definition) is 5. The van der Waals surface area contributed by atoms with Crippen LogP contribution >= 0.6 is 0 Å². The molecule has 3 rings (SSSR count). The van der Waals surface area contributed by atoms with Crippen molar-refractivity contribution in [2.24, 2.45) is 0 Å². The number of rotatable bonds is 3. The minimum absolute atomic E-state index is 0.0244. The molecule has 0 saturated carbocycles. The third kappa shape index (κ3) is 2.17. The first kappa shape index (κ1) is 12.1. The van der Waals surface area contributed by atoms with Crippen LogP contribution in [0.1, 0.15) is 24.1 Å². The molecule has 2 N–H and O–H groups in total. The summed E-state index contributed by atoms with van der Waals surface area (Å²) >= 11 is 0. The molecule has 0 amide bonds. The maximum absolute atomic E-state index is 8.94. The highest BCUT2D eigenvalue weighted by atomic mass is 15.2. The van der Waals surface area contributed by atoms with Gasteiger partial charge in [-0.1, -0.05) is 12.1 Å². The van der Waals surface area contributed by atoms with Crippen LogP contribution in [0, 0.1) is 11.3 Å². The van der Waals surface area contributed by atoms with Crippen molar-refractivity contribution in [2.45, 2.75) is 13.0 Å². The zero-order valence-electron chi connectivity index (χ0n) is 10.8. The maximum atomic E-state index is 8.94. The molecule has 0 bridgehead atoms. The van der Waals surface area contributed by atoms with E-state index in [-0.39, 0.29) is 6.04 Å². The fourth-order valence-electron chi connectivity index (χ4n) is 2.05. The molecular weight excluding hydrogens is 252 g/mol. The molecule has 20 heavy (non-hydrogen) atoms. The predicted molar refractivity (Wildman–Crippen MR) is 74.9 cm³/mol. The van der Waals surface area contributed by atoms with Gasteiger partial charge in [-0.05, 0) is 24.6 Å². The smallest absolute Gasteiger partial charge is 0.160 e. The zero-order valence-corrected chi connectivity index (χ0v) is 10.8. The van der Waals surface area contributed by atoms with E-state index in [2.05, 4.69) is 31.6 Å². The molecule has 1 unspecified atom stereocenters. The van der Waals surface area contributed by atoms with E-state index in [1.165, 1.54) is 6.33 Å². The quantitative estimate of drug-likeness (QED) is 0.758. The van der Waals surface area contributed by atoms with Crippen molar-refractivity contribution < 1.29 is 0 Å². The molecule has 6 nitrogen and oxygen atoms in total. The van der Waals surface area contributed by atoms with Gasteiger partial charge in [0.05, 0.1) is 29.3 Å². The van der Waals surface area contributed by atoms with Crippen LogP contribution in [0.4, 0.5) is 5.82 Å². The third-order valence-corrected chi connectivity index (χ3v) is 3.12. The van der Waals surface area contributed by atoms with Crippen LogP contribution in [0.15, 0.2) is 36.8 Å². The predicted octanol–water partition coefficient (Wildman–Crippen LogP) is 2.40. The Morgan fingerprint density at radius 2 is 2.25 bits per heavy atom. The Hall–Kier alpha value is -2.94. The van der Waals surface area contributed by atoms with Gasteiger partial charge in [0.25, 0.3) is 0 Å². The minimum atomic E-state index is 0.0244. The summed E-state index contributed by atoms with van der Waals surface area (Å²) in [7, 11) is 0. The highest BCUT2D eigenvalue weighted by molar-refractivity contribution is 5.85. The molecule has 0 saturated heterocycles. The van der Waals surface area contributed by atoms with E-state index in [9.17, 15) is 0 Å². The molecule has 1 atom stereocenters. The largest absolute Gasteiger partial charge is 0.363 e. The standard InChI is InChI=1S/C14H12N6/c1-9(11-4-2-3-10(5-11)6-15)19-13-12-7-18-20-14(12)17-8-16-13/h2-5,7-9H,1H3,(H2,16,17,18,19,20). The van der Waals surface area contributed by atoms with Crippen molar-refractivity contribution in [3.05, 3.63) is 47.9 Å². The van der Waals surface area contributed by atoms with Gasteiger partial charge in [-0.15, -0.1) is 0 Å². The molecule has 0 aliphatic heterocycles. The number of aromatic nitrogens is 4. The van der Waals surface area contributed by atoms with Gasteiger partial charge in [-0.25, -0.2) is 9.97 Å².